The zero-order valence-electron chi connectivity index (χ0n) is 11.5. The maximum atomic E-state index is 10.4. The Labute approximate surface area is 117 Å². The van der Waals surface area contributed by atoms with Crippen LogP contribution in [0.1, 0.15) is 27.2 Å². The molecule has 2 atom stereocenters. The molecule has 0 bridgehead atoms. The van der Waals surface area contributed by atoms with Crippen LogP contribution in [0, 0.1) is 13.8 Å². The lowest BCUT2D eigenvalue weighted by molar-refractivity contribution is -0.0128. The average molecular weight is 277 g/mol. The van der Waals surface area contributed by atoms with Crippen molar-refractivity contribution >= 4 is 11.3 Å². The van der Waals surface area contributed by atoms with Crippen LogP contribution in [0.25, 0.3) is 0 Å². The van der Waals surface area contributed by atoms with E-state index >= 15 is 0 Å². The highest BCUT2D eigenvalue weighted by atomic mass is 32.1. The number of methoxy groups -OCH3 is 1. The molecule has 1 heterocycles. The van der Waals surface area contributed by atoms with E-state index in [-0.39, 0.29) is 6.10 Å². The predicted molar refractivity (Wildman–Crippen MR) is 77.5 cm³/mol. The quantitative estimate of drug-likeness (QED) is 0.913. The number of hydrogen-bond donors (Lipinski definition) is 1. The highest BCUT2D eigenvalue weighted by Gasteiger charge is 2.22. The van der Waals surface area contributed by atoms with Gasteiger partial charge < -0.3 is 9.84 Å². The minimum atomic E-state index is -0.586. The van der Waals surface area contributed by atoms with Crippen LogP contribution in [-0.2, 0) is 11.2 Å². The zero-order chi connectivity index (χ0) is 13.8. The van der Waals surface area contributed by atoms with Crippen molar-refractivity contribution < 1.29 is 9.84 Å². The van der Waals surface area contributed by atoms with Gasteiger partial charge in [-0.15, -0.1) is 11.3 Å². The van der Waals surface area contributed by atoms with E-state index in [9.17, 15) is 5.11 Å². The van der Waals surface area contributed by atoms with Gasteiger partial charge in [0.1, 0.15) is 6.10 Å². The molecular formula is C15H19NO2S. The number of aliphatic hydroxyl groups excluding tert-OH is 1. The van der Waals surface area contributed by atoms with Crippen LogP contribution in [0.2, 0.25) is 0 Å². The van der Waals surface area contributed by atoms with Crippen molar-refractivity contribution in [2.45, 2.75) is 32.5 Å². The number of hydrogen-bond acceptors (Lipinski definition) is 4. The molecule has 19 heavy (non-hydrogen) atoms. The van der Waals surface area contributed by atoms with Crippen LogP contribution in [0.5, 0.6) is 0 Å². The first-order chi connectivity index (χ1) is 9.11. The zero-order valence-corrected chi connectivity index (χ0v) is 12.3. The van der Waals surface area contributed by atoms with Crippen molar-refractivity contribution in [2.24, 2.45) is 0 Å². The van der Waals surface area contributed by atoms with Gasteiger partial charge in [-0.05, 0) is 19.4 Å². The second-order valence-corrected chi connectivity index (χ2v) is 5.88. The molecule has 1 N–H and O–H groups in total. The number of aliphatic hydroxyl groups is 1. The molecule has 0 aliphatic carbocycles. The highest BCUT2D eigenvalue weighted by Crippen LogP contribution is 2.25. The Morgan fingerprint density at radius 3 is 2.47 bits per heavy atom. The summed E-state index contributed by atoms with van der Waals surface area (Å²) in [5.41, 5.74) is 2.03. The van der Waals surface area contributed by atoms with Crippen molar-refractivity contribution in [3.05, 3.63) is 51.5 Å². The molecule has 3 nitrogen and oxygen atoms in total. The number of ether oxygens (including phenoxy) is 1. The number of rotatable bonds is 5. The predicted octanol–water partition coefficient (Wildman–Crippen LogP) is 3.05. The van der Waals surface area contributed by atoms with E-state index in [1.807, 2.05) is 44.2 Å². The maximum Gasteiger partial charge on any atom is 0.108 e. The van der Waals surface area contributed by atoms with Crippen molar-refractivity contribution in [3.63, 3.8) is 0 Å². The van der Waals surface area contributed by atoms with Gasteiger partial charge in [0, 0.05) is 18.4 Å². The fourth-order valence-corrected chi connectivity index (χ4v) is 3.05. The standard InChI is InChI=1S/C15H19NO2S/c1-10-11(2)19-14(16-10)9-13(17)15(18-3)12-7-5-4-6-8-12/h4-8,13,15,17H,9H2,1-3H3. The molecule has 0 aliphatic heterocycles. The summed E-state index contributed by atoms with van der Waals surface area (Å²) in [5, 5.41) is 11.3. The van der Waals surface area contributed by atoms with Gasteiger partial charge in [0.25, 0.3) is 0 Å². The molecule has 4 heteroatoms. The molecule has 1 aromatic heterocycles. The molecular weight excluding hydrogens is 258 g/mol. The van der Waals surface area contributed by atoms with Gasteiger partial charge in [-0.1, -0.05) is 30.3 Å². The Balaban J connectivity index is 2.11. The van der Waals surface area contributed by atoms with Crippen molar-refractivity contribution in [1.82, 2.24) is 4.98 Å². The Morgan fingerprint density at radius 1 is 1.26 bits per heavy atom. The summed E-state index contributed by atoms with van der Waals surface area (Å²) >= 11 is 1.64. The van der Waals surface area contributed by atoms with Gasteiger partial charge in [-0.2, -0.15) is 0 Å². The van der Waals surface area contributed by atoms with E-state index in [2.05, 4.69) is 4.98 Å². The molecule has 2 rings (SSSR count). The summed E-state index contributed by atoms with van der Waals surface area (Å²) in [4.78, 5) is 5.67. The van der Waals surface area contributed by atoms with Gasteiger partial charge in [0.2, 0.25) is 0 Å². The smallest absolute Gasteiger partial charge is 0.108 e. The third-order valence-electron chi connectivity index (χ3n) is 3.19. The lowest BCUT2D eigenvalue weighted by Gasteiger charge is -2.21. The van der Waals surface area contributed by atoms with Gasteiger partial charge in [0.15, 0.2) is 0 Å². The van der Waals surface area contributed by atoms with Crippen LogP contribution >= 0.6 is 11.3 Å². The van der Waals surface area contributed by atoms with Gasteiger partial charge in [0.05, 0.1) is 16.8 Å². The lowest BCUT2D eigenvalue weighted by atomic mass is 10.0. The van der Waals surface area contributed by atoms with E-state index in [0.29, 0.717) is 6.42 Å². The SMILES string of the molecule is COC(c1ccccc1)C(O)Cc1nc(C)c(C)s1. The summed E-state index contributed by atoms with van der Waals surface area (Å²) in [7, 11) is 1.62. The first-order valence-corrected chi connectivity index (χ1v) is 7.12. The van der Waals surface area contributed by atoms with Crippen LogP contribution < -0.4 is 0 Å². The van der Waals surface area contributed by atoms with Crippen LogP contribution in [0.15, 0.2) is 30.3 Å². The molecule has 0 fully saturated rings. The summed E-state index contributed by atoms with van der Waals surface area (Å²) in [6.45, 7) is 4.04. The summed E-state index contributed by atoms with van der Waals surface area (Å²) in [6.07, 6.45) is -0.379. The Kier molecular flexibility index (Phi) is 4.69. The van der Waals surface area contributed by atoms with Gasteiger partial charge >= 0.3 is 0 Å². The van der Waals surface area contributed by atoms with Crippen LogP contribution in [0.3, 0.4) is 0 Å². The summed E-state index contributed by atoms with van der Waals surface area (Å²) < 4.78 is 5.43. The monoisotopic (exact) mass is 277 g/mol. The molecule has 102 valence electrons. The third kappa shape index (κ3) is 3.41. The second kappa shape index (κ2) is 6.28. The third-order valence-corrected chi connectivity index (χ3v) is 4.28. The molecule has 0 saturated carbocycles. The topological polar surface area (TPSA) is 42.4 Å². The largest absolute Gasteiger partial charge is 0.390 e. The average Bonchev–Trinajstić information content (AvgIpc) is 2.70. The lowest BCUT2D eigenvalue weighted by Crippen LogP contribution is -2.22. The van der Waals surface area contributed by atoms with Crippen LogP contribution in [-0.4, -0.2) is 23.3 Å². The van der Waals surface area contributed by atoms with Crippen molar-refractivity contribution in [2.75, 3.05) is 7.11 Å². The molecule has 2 aromatic rings. The molecule has 0 saturated heterocycles. The molecule has 0 spiro atoms. The van der Waals surface area contributed by atoms with Crippen molar-refractivity contribution in [3.8, 4) is 0 Å². The Hall–Kier alpha value is -1.23. The number of aromatic nitrogens is 1. The Morgan fingerprint density at radius 2 is 1.95 bits per heavy atom. The Bertz CT molecular complexity index is 505. The molecule has 2 unspecified atom stereocenters. The van der Waals surface area contributed by atoms with E-state index in [1.54, 1.807) is 18.4 Å². The van der Waals surface area contributed by atoms with E-state index in [4.69, 9.17) is 4.74 Å². The van der Waals surface area contributed by atoms with Crippen molar-refractivity contribution in [1.29, 1.82) is 0 Å². The van der Waals surface area contributed by atoms with Gasteiger partial charge in [-0.25, -0.2) is 4.98 Å². The number of thiazole rings is 1. The first kappa shape index (κ1) is 14.2. The number of benzene rings is 1. The fraction of sp³-hybridized carbons (Fsp3) is 0.400. The first-order valence-electron chi connectivity index (χ1n) is 6.30. The normalized spacial score (nSPS) is 14.3. The number of aryl methyl sites for hydroxylation is 2. The molecule has 0 aliphatic rings. The molecule has 0 amide bonds. The fourth-order valence-electron chi connectivity index (χ4n) is 2.07. The van der Waals surface area contributed by atoms with E-state index in [0.717, 1.165) is 16.3 Å². The van der Waals surface area contributed by atoms with E-state index < -0.39 is 6.10 Å². The van der Waals surface area contributed by atoms with Gasteiger partial charge in [-0.3, -0.25) is 0 Å². The molecule has 0 radical (unpaired) electrons. The summed E-state index contributed by atoms with van der Waals surface area (Å²) in [6, 6.07) is 9.79. The number of nitrogens with zero attached hydrogens (tertiary/aromatic N) is 1. The second-order valence-electron chi connectivity index (χ2n) is 4.59. The summed E-state index contributed by atoms with van der Waals surface area (Å²) in [5.74, 6) is 0. The maximum absolute atomic E-state index is 10.4. The minimum Gasteiger partial charge on any atom is -0.390 e. The highest BCUT2D eigenvalue weighted by molar-refractivity contribution is 7.11. The molecule has 1 aromatic carbocycles. The van der Waals surface area contributed by atoms with E-state index in [1.165, 1.54) is 4.88 Å². The minimum absolute atomic E-state index is 0.314. The van der Waals surface area contributed by atoms with Crippen LogP contribution in [0.4, 0.5) is 0 Å².